The fourth-order valence-corrected chi connectivity index (χ4v) is 3.15. The summed E-state index contributed by atoms with van der Waals surface area (Å²) in [6.07, 6.45) is 7.46. The summed E-state index contributed by atoms with van der Waals surface area (Å²) >= 11 is 0. The molecule has 0 aromatic heterocycles. The first kappa shape index (κ1) is 12.8. The van der Waals surface area contributed by atoms with Gasteiger partial charge in [-0.2, -0.15) is 0 Å². The molecule has 0 aromatic rings. The average Bonchev–Trinajstić information content (AvgIpc) is 2.48. The van der Waals surface area contributed by atoms with Gasteiger partial charge >= 0.3 is 0 Å². The zero-order valence-corrected chi connectivity index (χ0v) is 10.8. The second kappa shape index (κ2) is 5.83. The minimum atomic E-state index is -0.108. The first-order chi connectivity index (χ1) is 8.22. The van der Waals surface area contributed by atoms with Crippen LogP contribution in [0.5, 0.6) is 0 Å². The topological polar surface area (TPSA) is 58.4 Å². The molecule has 2 unspecified atom stereocenters. The third kappa shape index (κ3) is 2.99. The molecular formula is C13H25N3O. The highest BCUT2D eigenvalue weighted by atomic mass is 16.2. The number of carbonyl (C=O) groups is 1. The third-order valence-electron chi connectivity index (χ3n) is 4.18. The second-order valence-corrected chi connectivity index (χ2v) is 5.48. The van der Waals surface area contributed by atoms with Crippen LogP contribution in [-0.4, -0.2) is 42.0 Å². The monoisotopic (exact) mass is 239 g/mol. The van der Waals surface area contributed by atoms with Gasteiger partial charge in [0.15, 0.2) is 0 Å². The Balaban J connectivity index is 2.08. The Kier molecular flexibility index (Phi) is 4.40. The van der Waals surface area contributed by atoms with E-state index in [0.717, 1.165) is 13.0 Å². The summed E-state index contributed by atoms with van der Waals surface area (Å²) in [4.78, 5) is 14.4. The molecule has 4 heteroatoms. The van der Waals surface area contributed by atoms with Gasteiger partial charge in [-0.05, 0) is 26.2 Å². The molecule has 1 saturated carbocycles. The van der Waals surface area contributed by atoms with Crippen molar-refractivity contribution in [3.63, 3.8) is 0 Å². The third-order valence-corrected chi connectivity index (χ3v) is 4.18. The van der Waals surface area contributed by atoms with Gasteiger partial charge in [-0.3, -0.25) is 9.69 Å². The number of hydrogen-bond donors (Lipinski definition) is 2. The average molecular weight is 239 g/mol. The number of carbonyl (C=O) groups excluding carboxylic acids is 1. The van der Waals surface area contributed by atoms with Crippen LogP contribution in [0.3, 0.4) is 0 Å². The van der Waals surface area contributed by atoms with Crippen LogP contribution in [0, 0.1) is 0 Å². The van der Waals surface area contributed by atoms with Gasteiger partial charge in [0.25, 0.3) is 0 Å². The minimum absolute atomic E-state index is 0.108. The van der Waals surface area contributed by atoms with E-state index in [1.807, 2.05) is 0 Å². The van der Waals surface area contributed by atoms with E-state index in [-0.39, 0.29) is 18.0 Å². The van der Waals surface area contributed by atoms with E-state index in [9.17, 15) is 4.79 Å². The lowest BCUT2D eigenvalue weighted by Gasteiger charge is -2.37. The van der Waals surface area contributed by atoms with Crippen LogP contribution in [0.25, 0.3) is 0 Å². The zero-order valence-electron chi connectivity index (χ0n) is 10.8. The van der Waals surface area contributed by atoms with Crippen LogP contribution in [-0.2, 0) is 4.79 Å². The highest BCUT2D eigenvalue weighted by molar-refractivity contribution is 5.82. The van der Waals surface area contributed by atoms with Gasteiger partial charge in [-0.25, -0.2) is 0 Å². The molecule has 2 fully saturated rings. The molecule has 2 aliphatic rings. The minimum Gasteiger partial charge on any atom is -0.352 e. The van der Waals surface area contributed by atoms with Crippen molar-refractivity contribution in [1.82, 2.24) is 10.2 Å². The molecule has 17 heavy (non-hydrogen) atoms. The van der Waals surface area contributed by atoms with Crippen molar-refractivity contribution in [3.05, 3.63) is 0 Å². The molecule has 1 amide bonds. The predicted octanol–water partition coefficient (Wildman–Crippen LogP) is 0.857. The number of nitrogens with zero attached hydrogens (tertiary/aromatic N) is 1. The Morgan fingerprint density at radius 3 is 2.65 bits per heavy atom. The highest BCUT2D eigenvalue weighted by Gasteiger charge is 2.33. The quantitative estimate of drug-likeness (QED) is 0.751. The van der Waals surface area contributed by atoms with Crippen LogP contribution in [0.15, 0.2) is 0 Å². The molecule has 1 heterocycles. The summed E-state index contributed by atoms with van der Waals surface area (Å²) in [6, 6.07) is 0.751. The molecule has 2 atom stereocenters. The van der Waals surface area contributed by atoms with Gasteiger partial charge < -0.3 is 11.1 Å². The fraction of sp³-hybridized carbons (Fsp3) is 0.923. The maximum atomic E-state index is 12.1. The van der Waals surface area contributed by atoms with Crippen LogP contribution in [0.2, 0.25) is 0 Å². The molecule has 1 saturated heterocycles. The van der Waals surface area contributed by atoms with Crippen LogP contribution in [0.1, 0.15) is 45.4 Å². The smallest absolute Gasteiger partial charge is 0.238 e. The van der Waals surface area contributed by atoms with Crippen LogP contribution < -0.4 is 11.1 Å². The van der Waals surface area contributed by atoms with E-state index in [1.165, 1.54) is 32.1 Å². The fourth-order valence-electron chi connectivity index (χ4n) is 3.15. The lowest BCUT2D eigenvalue weighted by Crippen LogP contribution is -2.53. The number of rotatable bonds is 2. The van der Waals surface area contributed by atoms with Gasteiger partial charge in [-0.1, -0.05) is 19.3 Å². The van der Waals surface area contributed by atoms with Gasteiger partial charge in [0.1, 0.15) is 6.04 Å². The van der Waals surface area contributed by atoms with E-state index in [1.54, 1.807) is 0 Å². The number of amides is 1. The van der Waals surface area contributed by atoms with Crippen LogP contribution >= 0.6 is 0 Å². The van der Waals surface area contributed by atoms with E-state index < -0.39 is 0 Å². The van der Waals surface area contributed by atoms with Crippen molar-refractivity contribution in [2.75, 3.05) is 13.1 Å². The van der Waals surface area contributed by atoms with Crippen LogP contribution in [0.4, 0.5) is 0 Å². The van der Waals surface area contributed by atoms with Crippen molar-refractivity contribution < 1.29 is 4.79 Å². The molecule has 0 bridgehead atoms. The molecule has 0 spiro atoms. The molecule has 3 N–H and O–H groups in total. The predicted molar refractivity (Wildman–Crippen MR) is 68.6 cm³/mol. The number of nitrogens with two attached hydrogens (primary N) is 1. The summed E-state index contributed by atoms with van der Waals surface area (Å²) < 4.78 is 0. The first-order valence-electron chi connectivity index (χ1n) is 6.98. The van der Waals surface area contributed by atoms with Crippen molar-refractivity contribution in [1.29, 1.82) is 0 Å². The summed E-state index contributed by atoms with van der Waals surface area (Å²) in [5.41, 5.74) is 5.80. The maximum Gasteiger partial charge on any atom is 0.238 e. The first-order valence-corrected chi connectivity index (χ1v) is 6.98. The Hall–Kier alpha value is -0.610. The Morgan fingerprint density at radius 1 is 1.29 bits per heavy atom. The van der Waals surface area contributed by atoms with E-state index >= 15 is 0 Å². The summed E-state index contributed by atoms with van der Waals surface area (Å²) in [5, 5.41) is 3.05. The maximum absolute atomic E-state index is 12.1. The number of nitrogens with one attached hydrogen (secondary N) is 1. The molecule has 2 rings (SSSR count). The van der Waals surface area contributed by atoms with Gasteiger partial charge in [0, 0.05) is 25.2 Å². The molecule has 0 radical (unpaired) electrons. The highest BCUT2D eigenvalue weighted by Crippen LogP contribution is 2.25. The van der Waals surface area contributed by atoms with Gasteiger partial charge in [0.05, 0.1) is 0 Å². The summed E-state index contributed by atoms with van der Waals surface area (Å²) in [6.45, 7) is 3.53. The van der Waals surface area contributed by atoms with Gasteiger partial charge in [-0.15, -0.1) is 0 Å². The van der Waals surface area contributed by atoms with E-state index in [2.05, 4.69) is 17.1 Å². The largest absolute Gasteiger partial charge is 0.352 e. The Labute approximate surface area is 104 Å². The van der Waals surface area contributed by atoms with Crippen molar-refractivity contribution >= 4 is 5.91 Å². The van der Waals surface area contributed by atoms with E-state index in [4.69, 9.17) is 5.73 Å². The number of hydrogen-bond acceptors (Lipinski definition) is 3. The molecule has 98 valence electrons. The normalized spacial score (nSPS) is 33.2. The SMILES string of the molecule is CC1CCN(C2CCCCC2)C(CN)C(=O)N1. The molecular weight excluding hydrogens is 214 g/mol. The van der Waals surface area contributed by atoms with Crippen molar-refractivity contribution in [2.24, 2.45) is 5.73 Å². The summed E-state index contributed by atoms with van der Waals surface area (Å²) in [5.74, 6) is 0.128. The van der Waals surface area contributed by atoms with Gasteiger partial charge in [0.2, 0.25) is 5.91 Å². The van der Waals surface area contributed by atoms with Crippen molar-refractivity contribution in [3.8, 4) is 0 Å². The standard InChI is InChI=1S/C13H25N3O/c1-10-7-8-16(11-5-3-2-4-6-11)12(9-14)13(17)15-10/h10-12H,2-9,14H2,1H3,(H,15,17). The lowest BCUT2D eigenvalue weighted by molar-refractivity contribution is -0.126. The molecule has 1 aliphatic heterocycles. The van der Waals surface area contributed by atoms with E-state index in [0.29, 0.717) is 12.6 Å². The zero-order chi connectivity index (χ0) is 12.3. The Bertz CT molecular complexity index is 263. The Morgan fingerprint density at radius 2 is 2.00 bits per heavy atom. The summed E-state index contributed by atoms with van der Waals surface area (Å²) in [7, 11) is 0. The van der Waals surface area contributed by atoms with Crippen molar-refractivity contribution in [2.45, 2.75) is 63.6 Å². The molecule has 1 aliphatic carbocycles. The molecule has 4 nitrogen and oxygen atoms in total. The second-order valence-electron chi connectivity index (χ2n) is 5.48. The lowest BCUT2D eigenvalue weighted by atomic mass is 9.93. The molecule has 0 aromatic carbocycles.